The van der Waals surface area contributed by atoms with Crippen LogP contribution in [0, 0.1) is 28.8 Å². The summed E-state index contributed by atoms with van der Waals surface area (Å²) in [5, 5.41) is 18.5. The first kappa shape index (κ1) is 17.9. The van der Waals surface area contributed by atoms with E-state index in [1.165, 1.54) is 0 Å². The molecule has 0 bridgehead atoms. The second-order valence-electron chi connectivity index (χ2n) is 5.95. The Balaban J connectivity index is 2.14. The van der Waals surface area contributed by atoms with Gasteiger partial charge >= 0.3 is 5.97 Å². The first-order valence-electron chi connectivity index (χ1n) is 7.77. The summed E-state index contributed by atoms with van der Waals surface area (Å²) in [5.74, 6) is -4.74. The van der Waals surface area contributed by atoms with Crippen LogP contribution in [0.3, 0.4) is 0 Å². The second kappa shape index (κ2) is 6.77. The third-order valence-electron chi connectivity index (χ3n) is 4.46. The van der Waals surface area contributed by atoms with E-state index < -0.39 is 45.8 Å². The molecule has 0 unspecified atom stereocenters. The number of hydrogen-bond donors (Lipinski definition) is 1. The van der Waals surface area contributed by atoms with E-state index >= 15 is 0 Å². The van der Waals surface area contributed by atoms with Gasteiger partial charge in [-0.05, 0) is 42.7 Å². The van der Waals surface area contributed by atoms with Gasteiger partial charge in [0.05, 0.1) is 17.0 Å². The van der Waals surface area contributed by atoms with Gasteiger partial charge in [-0.1, -0.05) is 0 Å². The zero-order valence-corrected chi connectivity index (χ0v) is 13.4. The van der Waals surface area contributed by atoms with Crippen LogP contribution < -0.4 is 0 Å². The highest BCUT2D eigenvalue weighted by Crippen LogP contribution is 2.37. The van der Waals surface area contributed by atoms with Crippen molar-refractivity contribution in [1.82, 2.24) is 4.98 Å². The maximum atomic E-state index is 14.6. The lowest BCUT2D eigenvalue weighted by Gasteiger charge is -2.31. The lowest BCUT2D eigenvalue weighted by Crippen LogP contribution is -2.32. The minimum absolute atomic E-state index is 0.136. The number of carbonyl (C=O) groups is 1. The number of pyridine rings is 1. The number of carboxylic acids is 1. The number of halogens is 3. The highest BCUT2D eigenvalue weighted by Gasteiger charge is 2.36. The summed E-state index contributed by atoms with van der Waals surface area (Å²) in [4.78, 5) is 14.5. The van der Waals surface area contributed by atoms with Crippen molar-refractivity contribution in [2.24, 2.45) is 0 Å². The zero-order chi connectivity index (χ0) is 18.9. The second-order valence-corrected chi connectivity index (χ2v) is 5.95. The van der Waals surface area contributed by atoms with Crippen molar-refractivity contribution in [1.29, 1.82) is 5.26 Å². The molecule has 1 aliphatic heterocycles. The molecule has 8 heteroatoms. The predicted octanol–water partition coefficient (Wildman–Crippen LogP) is 3.44. The highest BCUT2D eigenvalue weighted by atomic mass is 19.1. The summed E-state index contributed by atoms with van der Waals surface area (Å²) in [5.41, 5.74) is -2.99. The first-order chi connectivity index (χ1) is 12.4. The number of hydrogen-bond acceptors (Lipinski definition) is 4. The Hall–Kier alpha value is -2.92. The van der Waals surface area contributed by atoms with Crippen molar-refractivity contribution < 1.29 is 27.8 Å². The molecule has 0 atom stereocenters. The van der Waals surface area contributed by atoms with E-state index in [-0.39, 0.29) is 31.6 Å². The first-order valence-corrected chi connectivity index (χ1v) is 7.77. The van der Waals surface area contributed by atoms with Crippen LogP contribution in [-0.2, 0) is 10.2 Å². The predicted molar refractivity (Wildman–Crippen MR) is 83.9 cm³/mol. The Morgan fingerprint density at radius 1 is 1.15 bits per heavy atom. The maximum Gasteiger partial charge on any atom is 0.354 e. The normalized spacial score (nSPS) is 16.1. The molecule has 1 aliphatic rings. The molecule has 1 saturated heterocycles. The molecule has 0 aliphatic carbocycles. The van der Waals surface area contributed by atoms with Crippen LogP contribution in [-0.4, -0.2) is 29.3 Å². The SMILES string of the molecule is N#CC1(c2cc(F)c(-c3nc(C(=O)O)ccc3F)c(F)c2)CCOCC1. The fraction of sp³-hybridized carbons (Fsp3) is 0.278. The summed E-state index contributed by atoms with van der Waals surface area (Å²) in [7, 11) is 0. The Labute approximate surface area is 146 Å². The summed E-state index contributed by atoms with van der Waals surface area (Å²) in [6, 6.07) is 5.74. The van der Waals surface area contributed by atoms with Crippen LogP contribution >= 0.6 is 0 Å². The molecule has 0 saturated carbocycles. The molecule has 2 aromatic rings. The fourth-order valence-corrected chi connectivity index (χ4v) is 3.00. The Bertz CT molecular complexity index is 895. The van der Waals surface area contributed by atoms with Crippen molar-refractivity contribution in [2.45, 2.75) is 18.3 Å². The number of aromatic carboxylic acids is 1. The molecule has 0 spiro atoms. The van der Waals surface area contributed by atoms with Gasteiger partial charge in [-0.15, -0.1) is 0 Å². The molecular weight excluding hydrogens is 349 g/mol. The van der Waals surface area contributed by atoms with Crippen LogP contribution in [0.25, 0.3) is 11.3 Å². The molecule has 134 valence electrons. The van der Waals surface area contributed by atoms with Crippen LogP contribution in [0.4, 0.5) is 13.2 Å². The molecular formula is C18H13F3N2O3. The molecule has 3 rings (SSSR count). The van der Waals surface area contributed by atoms with Crippen molar-refractivity contribution in [3.63, 3.8) is 0 Å². The molecule has 1 aromatic carbocycles. The summed E-state index contributed by atoms with van der Waals surface area (Å²) in [6.45, 7) is 0.574. The van der Waals surface area contributed by atoms with Gasteiger partial charge in [-0.3, -0.25) is 0 Å². The number of benzene rings is 1. The fourth-order valence-electron chi connectivity index (χ4n) is 3.00. The van der Waals surface area contributed by atoms with Crippen molar-refractivity contribution >= 4 is 5.97 Å². The molecule has 2 heterocycles. The molecule has 0 amide bonds. The van der Waals surface area contributed by atoms with E-state index in [9.17, 15) is 23.2 Å². The van der Waals surface area contributed by atoms with Crippen LogP contribution in [0.15, 0.2) is 24.3 Å². The number of aromatic nitrogens is 1. The maximum absolute atomic E-state index is 14.6. The van der Waals surface area contributed by atoms with Crippen LogP contribution in [0.2, 0.25) is 0 Å². The Kier molecular flexibility index (Phi) is 4.66. The number of nitrogens with zero attached hydrogens (tertiary/aromatic N) is 2. The summed E-state index contributed by atoms with van der Waals surface area (Å²) >= 11 is 0. The van der Waals surface area contributed by atoms with Gasteiger partial charge in [0.25, 0.3) is 0 Å². The number of rotatable bonds is 3. The molecule has 5 nitrogen and oxygen atoms in total. The molecule has 0 radical (unpaired) electrons. The monoisotopic (exact) mass is 362 g/mol. The smallest absolute Gasteiger partial charge is 0.354 e. The standard InChI is InChI=1S/C18H13F3N2O3/c19-11-1-2-14(17(24)25)23-16(11)15-12(20)7-10(8-13(15)21)18(9-22)3-5-26-6-4-18/h1-2,7-8H,3-6H2,(H,24,25). The topological polar surface area (TPSA) is 83.2 Å². The largest absolute Gasteiger partial charge is 0.477 e. The van der Waals surface area contributed by atoms with Gasteiger partial charge in [0.15, 0.2) is 0 Å². The average Bonchev–Trinajstić information content (AvgIpc) is 2.63. The number of nitriles is 1. The van der Waals surface area contributed by atoms with E-state index in [0.717, 1.165) is 24.3 Å². The van der Waals surface area contributed by atoms with Gasteiger partial charge in [0.2, 0.25) is 0 Å². The Morgan fingerprint density at radius 2 is 1.77 bits per heavy atom. The van der Waals surface area contributed by atoms with E-state index in [1.807, 2.05) is 0 Å². The van der Waals surface area contributed by atoms with Gasteiger partial charge in [-0.25, -0.2) is 22.9 Å². The lowest BCUT2D eigenvalue weighted by atomic mass is 9.75. The Morgan fingerprint density at radius 3 is 2.31 bits per heavy atom. The molecule has 26 heavy (non-hydrogen) atoms. The average molecular weight is 362 g/mol. The van der Waals surface area contributed by atoms with E-state index in [2.05, 4.69) is 11.1 Å². The van der Waals surface area contributed by atoms with Gasteiger partial charge in [-0.2, -0.15) is 5.26 Å². The van der Waals surface area contributed by atoms with E-state index in [0.29, 0.717) is 0 Å². The minimum atomic E-state index is -1.45. The lowest BCUT2D eigenvalue weighted by molar-refractivity contribution is 0.0673. The summed E-state index contributed by atoms with van der Waals surface area (Å²) in [6.07, 6.45) is 0.561. The number of carboxylic acid groups (broad SMARTS) is 1. The highest BCUT2D eigenvalue weighted by molar-refractivity contribution is 5.86. The zero-order valence-electron chi connectivity index (χ0n) is 13.4. The van der Waals surface area contributed by atoms with Crippen LogP contribution in [0.1, 0.15) is 28.9 Å². The van der Waals surface area contributed by atoms with Gasteiger partial charge in [0.1, 0.15) is 28.8 Å². The summed E-state index contributed by atoms with van der Waals surface area (Å²) < 4.78 is 48.5. The third kappa shape index (κ3) is 3.02. The molecule has 1 aromatic heterocycles. The molecule has 1 N–H and O–H groups in total. The van der Waals surface area contributed by atoms with Crippen molar-refractivity contribution in [3.8, 4) is 17.3 Å². The molecule has 1 fully saturated rings. The van der Waals surface area contributed by atoms with Crippen molar-refractivity contribution in [3.05, 3.63) is 53.0 Å². The third-order valence-corrected chi connectivity index (χ3v) is 4.46. The van der Waals surface area contributed by atoms with Gasteiger partial charge < -0.3 is 9.84 Å². The van der Waals surface area contributed by atoms with Crippen LogP contribution in [0.5, 0.6) is 0 Å². The number of ether oxygens (including phenoxy) is 1. The van der Waals surface area contributed by atoms with Crippen molar-refractivity contribution in [2.75, 3.05) is 13.2 Å². The van der Waals surface area contributed by atoms with E-state index in [1.54, 1.807) is 0 Å². The minimum Gasteiger partial charge on any atom is -0.477 e. The van der Waals surface area contributed by atoms with Gasteiger partial charge in [0, 0.05) is 13.2 Å². The van der Waals surface area contributed by atoms with E-state index in [4.69, 9.17) is 9.84 Å². The quantitative estimate of drug-likeness (QED) is 0.904.